The number of hydrogen-bond donors (Lipinski definition) is 0. The zero-order chi connectivity index (χ0) is 4.99. The Morgan fingerprint density at radius 1 is 2.00 bits per heavy atom. The zero-order valence-electron chi connectivity index (χ0n) is 3.17. The molecule has 0 radical (unpaired) electrons. The molecule has 0 amide bonds. The molecule has 0 aliphatic rings. The minimum Gasteiger partial charge on any atom is -0.112 e. The molecule has 0 rings (SSSR count). The number of alkyl halides is 1. The van der Waals surface area contributed by atoms with Gasteiger partial charge in [0.25, 0.3) is 0 Å². The van der Waals surface area contributed by atoms with Gasteiger partial charge in [-0.05, 0) is 0 Å². The van der Waals surface area contributed by atoms with E-state index in [1.165, 1.54) is 0 Å². The lowest BCUT2D eigenvalue weighted by molar-refractivity contribution is 1.76. The Bertz CT molecular complexity index is 81.5. The van der Waals surface area contributed by atoms with Crippen LogP contribution in [0.3, 0.4) is 0 Å². The largest absolute Gasteiger partial charge is 0.112 e. The van der Waals surface area contributed by atoms with Crippen LogP contribution in [0.1, 0.15) is 0 Å². The summed E-state index contributed by atoms with van der Waals surface area (Å²) in [5.74, 6) is 0. The summed E-state index contributed by atoms with van der Waals surface area (Å²) in [7, 11) is 0. The first-order chi connectivity index (χ1) is 2.81. The van der Waals surface area contributed by atoms with Crippen LogP contribution in [-0.2, 0) is 0 Å². The Hall–Kier alpha value is 0.290. The van der Waals surface area contributed by atoms with Crippen molar-refractivity contribution in [2.24, 2.45) is 0 Å². The maximum absolute atomic E-state index is 5.35. The zero-order valence-corrected chi connectivity index (χ0v) is 5.51. The summed E-state index contributed by atoms with van der Waals surface area (Å²) in [4.78, 5) is 0. The lowest BCUT2D eigenvalue weighted by atomic mass is 10.7. The van der Waals surface area contributed by atoms with Crippen molar-refractivity contribution in [3.05, 3.63) is 17.3 Å². The van der Waals surface area contributed by atoms with Crippen molar-refractivity contribution in [3.63, 3.8) is 0 Å². The van der Waals surface area contributed by atoms with Gasteiger partial charge < -0.3 is 0 Å². The molecule has 0 saturated heterocycles. The van der Waals surface area contributed by atoms with Gasteiger partial charge in [0, 0.05) is 5.33 Å². The lowest BCUT2D eigenvalue weighted by Gasteiger charge is -1.74. The normalized spacial score (nSPS) is 7.00. The Balaban J connectivity index is 3.52. The van der Waals surface area contributed by atoms with Gasteiger partial charge in [0.05, 0.1) is 5.03 Å². The summed E-state index contributed by atoms with van der Waals surface area (Å²) >= 11 is 8.45. The molecule has 0 unspecified atom stereocenters. The fraction of sp³-hybridized carbons (Fsp3) is 0.250. The van der Waals surface area contributed by atoms with E-state index in [-0.39, 0.29) is 0 Å². The third-order valence-electron chi connectivity index (χ3n) is 0.309. The number of rotatable bonds is 1. The van der Waals surface area contributed by atoms with Crippen LogP contribution in [0.5, 0.6) is 0 Å². The summed E-state index contributed by atoms with van der Waals surface area (Å²) < 4.78 is 0. The van der Waals surface area contributed by atoms with E-state index in [4.69, 9.17) is 11.6 Å². The molecule has 0 aliphatic heterocycles. The molecule has 0 aromatic carbocycles. The molecule has 0 aromatic heterocycles. The van der Waals surface area contributed by atoms with Crippen molar-refractivity contribution in [2.75, 3.05) is 5.33 Å². The molecule has 0 atom stereocenters. The van der Waals surface area contributed by atoms with Crippen LogP contribution in [0, 0.1) is 0 Å². The summed E-state index contributed by atoms with van der Waals surface area (Å²) in [5, 5.41) is 1.27. The second-order valence-corrected chi connectivity index (χ2v) is 1.73. The van der Waals surface area contributed by atoms with E-state index in [0.29, 0.717) is 10.4 Å². The molecule has 0 spiro atoms. The van der Waals surface area contributed by atoms with E-state index in [2.05, 4.69) is 28.2 Å². The average molecular weight is 167 g/mol. The average Bonchev–Trinajstić information content (AvgIpc) is 1.65. The predicted molar refractivity (Wildman–Crippen MR) is 32.3 cm³/mol. The highest BCUT2D eigenvalue weighted by molar-refractivity contribution is 9.09. The van der Waals surface area contributed by atoms with Gasteiger partial charge in [-0.2, -0.15) is 0 Å². The van der Waals surface area contributed by atoms with Crippen LogP contribution in [0.4, 0.5) is 0 Å². The van der Waals surface area contributed by atoms with Crippen molar-refractivity contribution < 1.29 is 0 Å². The molecular weight excluding hydrogens is 163 g/mol. The minimum atomic E-state index is 0.620. The second kappa shape index (κ2) is 3.48. The summed E-state index contributed by atoms with van der Waals surface area (Å²) in [6.45, 7) is 3.31. The van der Waals surface area contributed by atoms with E-state index in [9.17, 15) is 0 Å². The second-order valence-electron chi connectivity index (χ2n) is 0.715. The quantitative estimate of drug-likeness (QED) is 0.415. The van der Waals surface area contributed by atoms with Crippen LogP contribution < -0.4 is 0 Å². The van der Waals surface area contributed by atoms with Gasteiger partial charge >= 0.3 is 0 Å². The number of halogens is 2. The van der Waals surface area contributed by atoms with Crippen LogP contribution in [-0.4, -0.2) is 5.33 Å². The van der Waals surface area contributed by atoms with E-state index in [0.717, 1.165) is 0 Å². The van der Waals surface area contributed by atoms with Crippen LogP contribution in [0.25, 0.3) is 0 Å². The van der Waals surface area contributed by atoms with E-state index in [1.807, 2.05) is 0 Å². The summed E-state index contributed by atoms with van der Waals surface area (Å²) in [6.07, 6.45) is 0. The fourth-order valence-electron chi connectivity index (χ4n) is 0.0472. The number of hydrogen-bond acceptors (Lipinski definition) is 0. The molecule has 0 aromatic rings. The maximum Gasteiger partial charge on any atom is 0.0697 e. The molecule has 0 aliphatic carbocycles. The van der Waals surface area contributed by atoms with E-state index < -0.39 is 0 Å². The molecule has 0 fully saturated rings. The Morgan fingerprint density at radius 2 is 2.50 bits per heavy atom. The molecule has 0 bridgehead atoms. The van der Waals surface area contributed by atoms with Crippen molar-refractivity contribution in [1.29, 1.82) is 0 Å². The first-order valence-electron chi connectivity index (χ1n) is 1.41. The van der Waals surface area contributed by atoms with Gasteiger partial charge in [0.1, 0.15) is 0 Å². The first-order valence-corrected chi connectivity index (χ1v) is 2.91. The Labute approximate surface area is 50.6 Å². The Kier molecular flexibility index (Phi) is 3.65. The third kappa shape index (κ3) is 2.52. The minimum absolute atomic E-state index is 0.620. The lowest BCUT2D eigenvalue weighted by Crippen LogP contribution is -1.61. The molecule has 0 N–H and O–H groups in total. The van der Waals surface area contributed by atoms with E-state index >= 15 is 0 Å². The highest BCUT2D eigenvalue weighted by Crippen LogP contribution is 2.00. The predicted octanol–water partition coefficient (Wildman–Crippen LogP) is 2.29. The van der Waals surface area contributed by atoms with Gasteiger partial charge in [-0.25, -0.2) is 0 Å². The molecule has 2 heteroatoms. The van der Waals surface area contributed by atoms with Crippen LogP contribution in [0.2, 0.25) is 0 Å². The summed E-state index contributed by atoms with van der Waals surface area (Å²) in [5.41, 5.74) is 2.50. The number of allylic oxidation sites excluding steroid dienone is 1. The highest BCUT2D eigenvalue weighted by Gasteiger charge is 1.77. The highest BCUT2D eigenvalue weighted by atomic mass is 79.9. The SMILES string of the molecule is C=C=C(Cl)CBr. The first kappa shape index (κ1) is 6.29. The molecule has 34 valence electrons. The Morgan fingerprint density at radius 3 is 2.50 bits per heavy atom. The van der Waals surface area contributed by atoms with Gasteiger partial charge in [0.15, 0.2) is 0 Å². The molecule has 6 heavy (non-hydrogen) atoms. The van der Waals surface area contributed by atoms with Gasteiger partial charge in [-0.3, -0.25) is 0 Å². The molecule has 0 heterocycles. The molecule has 0 saturated carbocycles. The van der Waals surface area contributed by atoms with Gasteiger partial charge in [-0.15, -0.1) is 5.73 Å². The van der Waals surface area contributed by atoms with Crippen LogP contribution >= 0.6 is 27.5 Å². The van der Waals surface area contributed by atoms with Crippen LogP contribution in [0.15, 0.2) is 17.3 Å². The standard InChI is InChI=1S/C4H4BrCl/c1-2-4(6)3-5/h1,3H2. The van der Waals surface area contributed by atoms with Crippen molar-refractivity contribution >= 4 is 27.5 Å². The van der Waals surface area contributed by atoms with Crippen molar-refractivity contribution in [2.45, 2.75) is 0 Å². The summed E-state index contributed by atoms with van der Waals surface area (Å²) in [6, 6.07) is 0. The van der Waals surface area contributed by atoms with Gasteiger partial charge in [-0.1, -0.05) is 34.1 Å². The van der Waals surface area contributed by atoms with E-state index in [1.54, 1.807) is 0 Å². The topological polar surface area (TPSA) is 0 Å². The van der Waals surface area contributed by atoms with Crippen molar-refractivity contribution in [1.82, 2.24) is 0 Å². The van der Waals surface area contributed by atoms with Crippen molar-refractivity contribution in [3.8, 4) is 0 Å². The smallest absolute Gasteiger partial charge is 0.0697 e. The molecule has 0 nitrogen and oxygen atoms in total. The molecular formula is C4H4BrCl. The monoisotopic (exact) mass is 166 g/mol. The third-order valence-corrected chi connectivity index (χ3v) is 1.46. The van der Waals surface area contributed by atoms with Gasteiger partial charge in [0.2, 0.25) is 0 Å². The maximum atomic E-state index is 5.35. The fourth-order valence-corrected chi connectivity index (χ4v) is 0.245.